The Kier molecular flexibility index (Phi) is 4.22. The number of hydrogen-bond donors (Lipinski definition) is 1. The quantitative estimate of drug-likeness (QED) is 0.637. The zero-order valence-electron chi connectivity index (χ0n) is 12.0. The highest BCUT2D eigenvalue weighted by Gasteiger charge is 2.14. The third-order valence-corrected chi connectivity index (χ3v) is 3.54. The first-order valence-electron chi connectivity index (χ1n) is 6.81. The average molecular weight is 276 g/mol. The van der Waals surface area contributed by atoms with E-state index < -0.39 is 5.69 Å². The molecule has 6 heteroatoms. The second-order valence-corrected chi connectivity index (χ2v) is 4.97. The first kappa shape index (κ1) is 14.3. The largest absolute Gasteiger partial charge is 0.329 e. The minimum Gasteiger partial charge on any atom is -0.325 e. The number of rotatable bonds is 6. The van der Waals surface area contributed by atoms with Gasteiger partial charge in [0, 0.05) is 20.5 Å². The van der Waals surface area contributed by atoms with Gasteiger partial charge in [-0.05, 0) is 19.3 Å². The molecule has 0 saturated carbocycles. The van der Waals surface area contributed by atoms with Crippen LogP contribution in [0.5, 0.6) is 0 Å². The monoisotopic (exact) mass is 276 g/mol. The van der Waals surface area contributed by atoms with Crippen molar-refractivity contribution in [1.82, 2.24) is 19.1 Å². The summed E-state index contributed by atoms with van der Waals surface area (Å²) in [4.78, 5) is 30.2. The van der Waals surface area contributed by atoms with Crippen molar-refractivity contribution < 1.29 is 0 Å². The molecule has 0 aliphatic carbocycles. The second-order valence-electron chi connectivity index (χ2n) is 4.97. The Balaban J connectivity index is 2.28. The van der Waals surface area contributed by atoms with Gasteiger partial charge >= 0.3 is 5.69 Å². The van der Waals surface area contributed by atoms with Gasteiger partial charge in [-0.2, -0.15) is 0 Å². The number of allylic oxidation sites excluding steroid dienone is 1. The van der Waals surface area contributed by atoms with Crippen molar-refractivity contribution in [2.24, 2.45) is 14.1 Å². The lowest BCUT2D eigenvalue weighted by Crippen LogP contribution is -2.29. The van der Waals surface area contributed by atoms with Gasteiger partial charge in [0.25, 0.3) is 5.56 Å². The fourth-order valence-corrected chi connectivity index (χ4v) is 2.33. The lowest BCUT2D eigenvalue weighted by Gasteiger charge is -2.01. The fraction of sp³-hybridized carbons (Fsp3) is 0.500. The summed E-state index contributed by atoms with van der Waals surface area (Å²) in [7, 11) is 3.43. The van der Waals surface area contributed by atoms with Crippen LogP contribution < -0.4 is 11.2 Å². The predicted octanol–water partition coefficient (Wildman–Crippen LogP) is 1.25. The van der Waals surface area contributed by atoms with Crippen molar-refractivity contribution in [2.75, 3.05) is 0 Å². The molecular weight excluding hydrogens is 256 g/mol. The van der Waals surface area contributed by atoms with Crippen LogP contribution in [0.4, 0.5) is 0 Å². The highest BCUT2D eigenvalue weighted by Crippen LogP contribution is 2.12. The minimum absolute atomic E-state index is 0.379. The molecule has 2 aromatic rings. The van der Waals surface area contributed by atoms with E-state index in [1.165, 1.54) is 4.57 Å². The lowest BCUT2D eigenvalue weighted by atomic mass is 10.1. The Bertz CT molecular complexity index is 736. The number of nitrogens with one attached hydrogen (secondary N) is 1. The molecule has 0 spiro atoms. The van der Waals surface area contributed by atoms with Crippen LogP contribution in [-0.2, 0) is 20.5 Å². The molecule has 0 aromatic carbocycles. The Morgan fingerprint density at radius 3 is 2.65 bits per heavy atom. The summed E-state index contributed by atoms with van der Waals surface area (Å²) in [5.74, 6) is 0.838. The number of aromatic nitrogens is 4. The van der Waals surface area contributed by atoms with Crippen molar-refractivity contribution in [3.8, 4) is 0 Å². The van der Waals surface area contributed by atoms with E-state index in [1.54, 1.807) is 11.6 Å². The van der Waals surface area contributed by atoms with Crippen LogP contribution in [0.25, 0.3) is 11.2 Å². The molecular formula is C14H20N4O2. The Morgan fingerprint density at radius 2 is 1.95 bits per heavy atom. The van der Waals surface area contributed by atoms with Gasteiger partial charge in [-0.3, -0.25) is 14.3 Å². The summed E-state index contributed by atoms with van der Waals surface area (Å²) in [6.45, 7) is 3.70. The summed E-state index contributed by atoms with van der Waals surface area (Å²) < 4.78 is 3.15. The number of unbranched alkanes of at least 4 members (excludes halogenated alkanes) is 3. The number of nitrogens with zero attached hydrogens (tertiary/aromatic N) is 3. The van der Waals surface area contributed by atoms with Gasteiger partial charge in [0.2, 0.25) is 0 Å². The van der Waals surface area contributed by atoms with E-state index in [0.717, 1.165) is 37.9 Å². The summed E-state index contributed by atoms with van der Waals surface area (Å²) in [6.07, 6.45) is 6.98. The van der Waals surface area contributed by atoms with Crippen LogP contribution in [-0.4, -0.2) is 19.1 Å². The molecule has 6 nitrogen and oxygen atoms in total. The SMILES string of the molecule is C=CCCCCCc1nc2c(c(=O)[nH]c(=O)n2C)n1C. The van der Waals surface area contributed by atoms with Crippen LogP contribution in [0.2, 0.25) is 0 Å². The van der Waals surface area contributed by atoms with E-state index in [2.05, 4.69) is 16.5 Å². The molecule has 0 fully saturated rings. The van der Waals surface area contributed by atoms with Crippen LogP contribution in [0.1, 0.15) is 31.5 Å². The van der Waals surface area contributed by atoms with E-state index in [1.807, 2.05) is 13.1 Å². The molecule has 0 radical (unpaired) electrons. The third-order valence-electron chi connectivity index (χ3n) is 3.54. The molecule has 0 atom stereocenters. The summed E-state index contributed by atoms with van der Waals surface area (Å²) in [6, 6.07) is 0. The maximum absolute atomic E-state index is 11.9. The van der Waals surface area contributed by atoms with E-state index in [4.69, 9.17) is 0 Å². The molecule has 2 heterocycles. The minimum atomic E-state index is -0.432. The fourth-order valence-electron chi connectivity index (χ4n) is 2.33. The van der Waals surface area contributed by atoms with Crippen molar-refractivity contribution >= 4 is 11.2 Å². The van der Waals surface area contributed by atoms with E-state index in [9.17, 15) is 9.59 Å². The normalized spacial score (nSPS) is 11.1. The Labute approximate surface area is 116 Å². The summed E-state index contributed by atoms with van der Waals surface area (Å²) in [5, 5.41) is 0. The zero-order chi connectivity index (χ0) is 14.7. The van der Waals surface area contributed by atoms with E-state index in [0.29, 0.717) is 11.2 Å². The molecule has 0 aliphatic rings. The number of hydrogen-bond acceptors (Lipinski definition) is 3. The van der Waals surface area contributed by atoms with Crippen LogP contribution in [0.15, 0.2) is 22.2 Å². The summed E-state index contributed by atoms with van der Waals surface area (Å²) in [5.41, 5.74) is 0.0877. The lowest BCUT2D eigenvalue weighted by molar-refractivity contribution is 0.655. The molecule has 0 saturated heterocycles. The molecule has 2 rings (SSSR count). The molecule has 1 N–H and O–H groups in total. The van der Waals surface area contributed by atoms with Gasteiger partial charge in [-0.1, -0.05) is 12.5 Å². The maximum atomic E-state index is 11.9. The van der Waals surface area contributed by atoms with Crippen LogP contribution in [0, 0.1) is 0 Å². The third kappa shape index (κ3) is 2.59. The van der Waals surface area contributed by atoms with Crippen LogP contribution in [0.3, 0.4) is 0 Å². The second kappa shape index (κ2) is 5.90. The molecule has 108 valence electrons. The van der Waals surface area contributed by atoms with Crippen molar-refractivity contribution in [1.29, 1.82) is 0 Å². The van der Waals surface area contributed by atoms with Gasteiger partial charge in [-0.25, -0.2) is 9.78 Å². The topological polar surface area (TPSA) is 72.7 Å². The maximum Gasteiger partial charge on any atom is 0.329 e. The highest BCUT2D eigenvalue weighted by molar-refractivity contribution is 5.70. The number of fused-ring (bicyclic) bond motifs is 1. The van der Waals surface area contributed by atoms with Crippen molar-refractivity contribution in [3.63, 3.8) is 0 Å². The van der Waals surface area contributed by atoms with E-state index in [-0.39, 0.29) is 5.56 Å². The average Bonchev–Trinajstić information content (AvgIpc) is 2.74. The smallest absolute Gasteiger partial charge is 0.325 e. The first-order chi connectivity index (χ1) is 9.56. The van der Waals surface area contributed by atoms with Gasteiger partial charge < -0.3 is 4.57 Å². The molecule has 0 bridgehead atoms. The molecule has 0 aliphatic heterocycles. The summed E-state index contributed by atoms with van der Waals surface area (Å²) >= 11 is 0. The van der Waals surface area contributed by atoms with E-state index >= 15 is 0 Å². The number of aromatic amines is 1. The first-order valence-corrected chi connectivity index (χ1v) is 6.81. The Morgan fingerprint density at radius 1 is 1.20 bits per heavy atom. The molecule has 20 heavy (non-hydrogen) atoms. The van der Waals surface area contributed by atoms with Gasteiger partial charge in [0.1, 0.15) is 5.82 Å². The van der Waals surface area contributed by atoms with Gasteiger partial charge in [0.05, 0.1) is 0 Å². The standard InChI is InChI=1S/C14H20N4O2/c1-4-5-6-7-8-9-10-15-12-11(17(10)2)13(19)16-14(20)18(12)3/h4H,1,5-9H2,2-3H3,(H,16,19,20). The van der Waals surface area contributed by atoms with Crippen molar-refractivity contribution in [3.05, 3.63) is 39.3 Å². The molecule has 0 amide bonds. The zero-order valence-corrected chi connectivity index (χ0v) is 12.0. The van der Waals surface area contributed by atoms with Gasteiger partial charge in [-0.15, -0.1) is 6.58 Å². The highest BCUT2D eigenvalue weighted by atomic mass is 16.2. The number of aryl methyl sites for hydroxylation is 3. The number of H-pyrrole nitrogens is 1. The van der Waals surface area contributed by atoms with Crippen LogP contribution >= 0.6 is 0 Å². The molecule has 0 unspecified atom stereocenters. The molecule has 2 aromatic heterocycles. The van der Waals surface area contributed by atoms with Gasteiger partial charge in [0.15, 0.2) is 11.2 Å². The van der Waals surface area contributed by atoms with Crippen molar-refractivity contribution in [2.45, 2.75) is 32.1 Å². The number of imidazole rings is 1. The Hall–Kier alpha value is -2.11. The predicted molar refractivity (Wildman–Crippen MR) is 78.9 cm³/mol.